The first kappa shape index (κ1) is 13.9. The molecule has 0 fully saturated rings. The Balaban J connectivity index is 1.74. The number of nitrogens with zero attached hydrogens (tertiary/aromatic N) is 2. The first-order valence-electron chi connectivity index (χ1n) is 6.71. The largest absolute Gasteiger partial charge is 0.431 e. The summed E-state index contributed by atoms with van der Waals surface area (Å²) in [4.78, 5) is 16.7. The zero-order valence-corrected chi connectivity index (χ0v) is 13.0. The number of carbonyl (C=O) groups is 1. The van der Waals surface area contributed by atoms with Crippen molar-refractivity contribution >= 4 is 28.6 Å². The summed E-state index contributed by atoms with van der Waals surface area (Å²) in [6.45, 7) is 3.96. The molecular formula is C16H16N2O2S. The second-order valence-electron chi connectivity index (χ2n) is 5.00. The molecule has 0 unspecified atom stereocenters. The van der Waals surface area contributed by atoms with Gasteiger partial charge in [0, 0.05) is 24.0 Å². The van der Waals surface area contributed by atoms with Crippen LogP contribution in [0.5, 0.6) is 0 Å². The number of hydrogen-bond donors (Lipinski definition) is 0. The molecule has 0 amide bonds. The third kappa shape index (κ3) is 2.61. The number of oxazole rings is 1. The third-order valence-electron chi connectivity index (χ3n) is 3.68. The lowest BCUT2D eigenvalue weighted by molar-refractivity contribution is 0.102. The number of fused-ring (bicyclic) bond motifs is 1. The Labute approximate surface area is 127 Å². The molecule has 0 saturated carbocycles. The minimum atomic E-state index is 0.100. The molecule has 5 heteroatoms. The number of hydrogen-bond acceptors (Lipinski definition) is 4. The molecule has 0 aliphatic rings. The van der Waals surface area contributed by atoms with E-state index in [9.17, 15) is 4.79 Å². The summed E-state index contributed by atoms with van der Waals surface area (Å²) in [5, 5.41) is 0.537. The Morgan fingerprint density at radius 1 is 1.33 bits per heavy atom. The zero-order valence-electron chi connectivity index (χ0n) is 12.2. The summed E-state index contributed by atoms with van der Waals surface area (Å²) < 4.78 is 7.63. The van der Waals surface area contributed by atoms with Crippen molar-refractivity contribution < 1.29 is 9.21 Å². The number of aryl methyl sites for hydroxylation is 1. The topological polar surface area (TPSA) is 48.0 Å². The van der Waals surface area contributed by atoms with Gasteiger partial charge in [-0.05, 0) is 32.0 Å². The fourth-order valence-corrected chi connectivity index (χ4v) is 2.98. The average Bonchev–Trinajstić information content (AvgIpc) is 3.01. The SMILES string of the molecule is Cc1cc(C(=O)CSc2nc3ccccc3o2)c(C)n1C. The summed E-state index contributed by atoms with van der Waals surface area (Å²) in [5.41, 5.74) is 4.43. The van der Waals surface area contributed by atoms with Crippen LogP contribution in [-0.4, -0.2) is 21.1 Å². The third-order valence-corrected chi connectivity index (χ3v) is 4.50. The predicted octanol–water partition coefficient (Wildman–Crippen LogP) is 3.76. The van der Waals surface area contributed by atoms with Crippen LogP contribution in [0, 0.1) is 13.8 Å². The quantitative estimate of drug-likeness (QED) is 0.544. The van der Waals surface area contributed by atoms with Crippen LogP contribution in [0.3, 0.4) is 0 Å². The number of carbonyl (C=O) groups excluding carboxylic acids is 1. The van der Waals surface area contributed by atoms with Crippen LogP contribution in [0.15, 0.2) is 40.0 Å². The average molecular weight is 300 g/mol. The second-order valence-corrected chi connectivity index (χ2v) is 5.93. The van der Waals surface area contributed by atoms with E-state index < -0.39 is 0 Å². The van der Waals surface area contributed by atoms with E-state index in [2.05, 4.69) is 4.98 Å². The highest BCUT2D eigenvalue weighted by atomic mass is 32.2. The minimum absolute atomic E-state index is 0.100. The van der Waals surface area contributed by atoms with Crippen LogP contribution >= 0.6 is 11.8 Å². The molecule has 0 atom stereocenters. The van der Waals surface area contributed by atoms with Gasteiger partial charge in [0.2, 0.25) is 0 Å². The van der Waals surface area contributed by atoms with Gasteiger partial charge in [0.1, 0.15) is 5.52 Å². The molecule has 4 nitrogen and oxygen atoms in total. The Hall–Kier alpha value is -2.01. The molecule has 0 aliphatic carbocycles. The Morgan fingerprint density at radius 3 is 2.76 bits per heavy atom. The number of para-hydroxylation sites is 2. The molecule has 0 N–H and O–H groups in total. The first-order chi connectivity index (χ1) is 10.1. The molecule has 21 heavy (non-hydrogen) atoms. The van der Waals surface area contributed by atoms with Crippen LogP contribution in [0.4, 0.5) is 0 Å². The molecule has 108 valence electrons. The van der Waals surface area contributed by atoms with Gasteiger partial charge in [-0.25, -0.2) is 4.98 Å². The van der Waals surface area contributed by atoms with Crippen LogP contribution < -0.4 is 0 Å². The smallest absolute Gasteiger partial charge is 0.257 e. The van der Waals surface area contributed by atoms with Crippen molar-refractivity contribution in [1.82, 2.24) is 9.55 Å². The number of Topliss-reactive ketones (excluding diaryl/α,β-unsaturated/α-hetero) is 1. The van der Waals surface area contributed by atoms with Crippen molar-refractivity contribution in [2.45, 2.75) is 19.1 Å². The van der Waals surface area contributed by atoms with Gasteiger partial charge in [0.15, 0.2) is 11.4 Å². The van der Waals surface area contributed by atoms with E-state index in [0.29, 0.717) is 11.0 Å². The molecule has 0 radical (unpaired) electrons. The lowest BCUT2D eigenvalue weighted by Gasteiger charge is -2.01. The van der Waals surface area contributed by atoms with Crippen molar-refractivity contribution in [3.8, 4) is 0 Å². The van der Waals surface area contributed by atoms with Crippen molar-refractivity contribution in [3.05, 3.63) is 47.3 Å². The summed E-state index contributed by atoms with van der Waals surface area (Å²) in [7, 11) is 1.97. The first-order valence-corrected chi connectivity index (χ1v) is 7.69. The van der Waals surface area contributed by atoms with Gasteiger partial charge in [-0.15, -0.1) is 0 Å². The Bertz CT molecular complexity index is 784. The Morgan fingerprint density at radius 2 is 2.10 bits per heavy atom. The molecule has 3 aromatic rings. The highest BCUT2D eigenvalue weighted by Gasteiger charge is 2.15. The molecule has 0 aliphatic heterocycles. The van der Waals surface area contributed by atoms with E-state index in [1.165, 1.54) is 11.8 Å². The summed E-state index contributed by atoms with van der Waals surface area (Å²) in [6, 6.07) is 9.53. The molecular weight excluding hydrogens is 284 g/mol. The number of benzene rings is 1. The van der Waals surface area contributed by atoms with E-state index in [1.807, 2.05) is 55.8 Å². The van der Waals surface area contributed by atoms with Crippen molar-refractivity contribution in [1.29, 1.82) is 0 Å². The van der Waals surface area contributed by atoms with Crippen molar-refractivity contribution in [2.24, 2.45) is 7.05 Å². The van der Waals surface area contributed by atoms with Gasteiger partial charge >= 0.3 is 0 Å². The lowest BCUT2D eigenvalue weighted by atomic mass is 10.2. The van der Waals surface area contributed by atoms with Crippen molar-refractivity contribution in [2.75, 3.05) is 5.75 Å². The molecule has 3 rings (SSSR count). The fourth-order valence-electron chi connectivity index (χ4n) is 2.26. The highest BCUT2D eigenvalue weighted by Crippen LogP contribution is 2.24. The highest BCUT2D eigenvalue weighted by molar-refractivity contribution is 7.99. The number of ketones is 1. The van der Waals surface area contributed by atoms with Crippen LogP contribution in [0.1, 0.15) is 21.7 Å². The zero-order chi connectivity index (χ0) is 15.0. The molecule has 1 aromatic carbocycles. The van der Waals surface area contributed by atoms with E-state index in [0.717, 1.165) is 28.1 Å². The van der Waals surface area contributed by atoms with Gasteiger partial charge in [-0.1, -0.05) is 23.9 Å². The van der Waals surface area contributed by atoms with Gasteiger partial charge in [-0.2, -0.15) is 0 Å². The second kappa shape index (κ2) is 5.41. The normalized spacial score (nSPS) is 11.2. The molecule has 0 saturated heterocycles. The molecule has 2 heterocycles. The van der Waals surface area contributed by atoms with Gasteiger partial charge in [-0.3, -0.25) is 4.79 Å². The van der Waals surface area contributed by atoms with Crippen LogP contribution in [0.25, 0.3) is 11.1 Å². The maximum atomic E-state index is 12.3. The minimum Gasteiger partial charge on any atom is -0.431 e. The van der Waals surface area contributed by atoms with Gasteiger partial charge < -0.3 is 8.98 Å². The summed E-state index contributed by atoms with van der Waals surface area (Å²) >= 11 is 1.34. The van der Waals surface area contributed by atoms with Crippen LogP contribution in [-0.2, 0) is 7.05 Å². The summed E-state index contributed by atoms with van der Waals surface area (Å²) in [6.07, 6.45) is 0. The Kier molecular flexibility index (Phi) is 3.59. The maximum Gasteiger partial charge on any atom is 0.257 e. The van der Waals surface area contributed by atoms with E-state index in [1.54, 1.807) is 0 Å². The fraction of sp³-hybridized carbons (Fsp3) is 0.250. The lowest BCUT2D eigenvalue weighted by Crippen LogP contribution is -2.04. The van der Waals surface area contributed by atoms with Crippen molar-refractivity contribution in [3.63, 3.8) is 0 Å². The maximum absolute atomic E-state index is 12.3. The molecule has 0 bridgehead atoms. The molecule has 2 aromatic heterocycles. The predicted molar refractivity (Wildman–Crippen MR) is 84.0 cm³/mol. The van der Waals surface area contributed by atoms with E-state index >= 15 is 0 Å². The number of aromatic nitrogens is 2. The summed E-state index contributed by atoms with van der Waals surface area (Å²) in [5.74, 6) is 0.431. The molecule has 0 spiro atoms. The number of rotatable bonds is 4. The van der Waals surface area contributed by atoms with E-state index in [4.69, 9.17) is 4.42 Å². The monoisotopic (exact) mass is 300 g/mol. The number of thioether (sulfide) groups is 1. The van der Waals surface area contributed by atoms with Gasteiger partial charge in [0.25, 0.3) is 5.22 Å². The van der Waals surface area contributed by atoms with E-state index in [-0.39, 0.29) is 5.78 Å². The van der Waals surface area contributed by atoms with Gasteiger partial charge in [0.05, 0.1) is 5.75 Å². The van der Waals surface area contributed by atoms with Crippen LogP contribution in [0.2, 0.25) is 0 Å². The standard InChI is InChI=1S/C16H16N2O2S/c1-10-8-12(11(2)18(10)3)14(19)9-21-16-17-13-6-4-5-7-15(13)20-16/h4-8H,9H2,1-3H3.